The molecule has 1 aliphatic heterocycles. The zero-order valence-electron chi connectivity index (χ0n) is 18.0. The summed E-state index contributed by atoms with van der Waals surface area (Å²) in [5.74, 6) is -0.467. The van der Waals surface area contributed by atoms with Crippen molar-refractivity contribution in [2.45, 2.75) is 26.9 Å². The molecule has 0 radical (unpaired) electrons. The van der Waals surface area contributed by atoms with Gasteiger partial charge in [0, 0.05) is 37.6 Å². The molecule has 2 heterocycles. The van der Waals surface area contributed by atoms with Crippen molar-refractivity contribution < 1.29 is 13.9 Å². The smallest absolute Gasteiger partial charge is 0.253 e. The number of morpholine rings is 1. The van der Waals surface area contributed by atoms with E-state index in [0.29, 0.717) is 17.8 Å². The van der Waals surface area contributed by atoms with Crippen LogP contribution in [0.4, 0.5) is 4.39 Å². The number of aromatic nitrogens is 1. The van der Waals surface area contributed by atoms with Crippen LogP contribution in [0.3, 0.4) is 0 Å². The summed E-state index contributed by atoms with van der Waals surface area (Å²) < 4.78 is 21.5. The summed E-state index contributed by atoms with van der Waals surface area (Å²) in [4.78, 5) is 15.3. The van der Waals surface area contributed by atoms with E-state index in [0.717, 1.165) is 49.8 Å². The average molecular weight is 422 g/mol. The predicted molar refractivity (Wildman–Crippen MR) is 119 cm³/mol. The molecule has 2 aromatic carbocycles. The van der Waals surface area contributed by atoms with Gasteiger partial charge in [0.2, 0.25) is 0 Å². The third kappa shape index (κ3) is 4.70. The second-order valence-corrected chi connectivity index (χ2v) is 7.91. The van der Waals surface area contributed by atoms with Crippen LogP contribution in [0.5, 0.6) is 0 Å². The largest absolute Gasteiger partial charge is 0.379 e. The van der Waals surface area contributed by atoms with Gasteiger partial charge in [0.25, 0.3) is 5.91 Å². The van der Waals surface area contributed by atoms with Crippen LogP contribution in [0.15, 0.2) is 54.6 Å². The van der Waals surface area contributed by atoms with Crippen molar-refractivity contribution in [3.8, 4) is 5.69 Å². The van der Waals surface area contributed by atoms with Crippen molar-refractivity contribution in [2.75, 3.05) is 26.3 Å². The van der Waals surface area contributed by atoms with Gasteiger partial charge in [-0.1, -0.05) is 36.4 Å². The van der Waals surface area contributed by atoms with E-state index < -0.39 is 0 Å². The van der Waals surface area contributed by atoms with Crippen LogP contribution in [0.2, 0.25) is 0 Å². The monoisotopic (exact) mass is 421 g/mol. The van der Waals surface area contributed by atoms with Crippen molar-refractivity contribution in [3.63, 3.8) is 0 Å². The van der Waals surface area contributed by atoms with Crippen LogP contribution in [0.1, 0.15) is 32.9 Å². The number of carbonyl (C=O) groups excluding carboxylic acids is 1. The Labute approximate surface area is 182 Å². The topological polar surface area (TPSA) is 46.5 Å². The fourth-order valence-corrected chi connectivity index (χ4v) is 4.15. The maximum Gasteiger partial charge on any atom is 0.253 e. The zero-order valence-corrected chi connectivity index (χ0v) is 18.0. The highest BCUT2D eigenvalue weighted by Crippen LogP contribution is 2.23. The highest BCUT2D eigenvalue weighted by atomic mass is 19.1. The van der Waals surface area contributed by atoms with Crippen molar-refractivity contribution in [1.29, 1.82) is 0 Å². The third-order valence-electron chi connectivity index (χ3n) is 5.82. The van der Waals surface area contributed by atoms with Gasteiger partial charge in [0.15, 0.2) is 0 Å². The van der Waals surface area contributed by atoms with Crippen molar-refractivity contribution in [3.05, 3.63) is 88.5 Å². The summed E-state index contributed by atoms with van der Waals surface area (Å²) in [5.41, 5.74) is 4.87. The highest BCUT2D eigenvalue weighted by molar-refractivity contribution is 5.95. The first-order valence-electron chi connectivity index (χ1n) is 10.6. The Morgan fingerprint density at radius 1 is 1.03 bits per heavy atom. The molecule has 1 fully saturated rings. The Balaban J connectivity index is 1.49. The molecule has 0 aliphatic carbocycles. The maximum atomic E-state index is 14.3. The predicted octanol–water partition coefficient (Wildman–Crippen LogP) is 4.00. The fourth-order valence-electron chi connectivity index (χ4n) is 4.15. The van der Waals surface area contributed by atoms with Crippen molar-refractivity contribution >= 4 is 5.91 Å². The van der Waals surface area contributed by atoms with Gasteiger partial charge in [-0.2, -0.15) is 0 Å². The van der Waals surface area contributed by atoms with Gasteiger partial charge in [-0.3, -0.25) is 9.69 Å². The van der Waals surface area contributed by atoms with Gasteiger partial charge >= 0.3 is 0 Å². The van der Waals surface area contributed by atoms with Gasteiger partial charge in [-0.05, 0) is 43.2 Å². The Morgan fingerprint density at radius 2 is 1.71 bits per heavy atom. The number of nitrogens with one attached hydrogen (secondary N) is 1. The lowest BCUT2D eigenvalue weighted by atomic mass is 10.1. The zero-order chi connectivity index (χ0) is 21.8. The number of para-hydroxylation sites is 1. The fraction of sp³-hybridized carbons (Fsp3) is 0.320. The summed E-state index contributed by atoms with van der Waals surface area (Å²) in [6, 6.07) is 16.6. The molecule has 162 valence electrons. The van der Waals surface area contributed by atoms with E-state index in [4.69, 9.17) is 4.74 Å². The molecule has 1 amide bonds. The number of aryl methyl sites for hydroxylation is 1. The first-order valence-corrected chi connectivity index (χ1v) is 10.6. The summed E-state index contributed by atoms with van der Waals surface area (Å²) in [6.45, 7) is 8.38. The van der Waals surface area contributed by atoms with Gasteiger partial charge in [-0.25, -0.2) is 4.39 Å². The number of amides is 1. The second kappa shape index (κ2) is 9.45. The van der Waals surface area contributed by atoms with Crippen LogP contribution in [-0.2, 0) is 17.8 Å². The molecule has 1 aliphatic rings. The first kappa shape index (κ1) is 21.3. The number of rotatable bonds is 6. The van der Waals surface area contributed by atoms with E-state index >= 15 is 0 Å². The number of hydrogen-bond donors (Lipinski definition) is 1. The molecule has 31 heavy (non-hydrogen) atoms. The third-order valence-corrected chi connectivity index (χ3v) is 5.82. The minimum atomic E-state index is -0.312. The normalized spacial score (nSPS) is 14.5. The number of hydrogen-bond acceptors (Lipinski definition) is 3. The van der Waals surface area contributed by atoms with Crippen LogP contribution >= 0.6 is 0 Å². The molecule has 0 spiro atoms. The lowest BCUT2D eigenvalue weighted by Gasteiger charge is -2.27. The summed E-state index contributed by atoms with van der Waals surface area (Å²) in [6.07, 6.45) is 0. The Kier molecular flexibility index (Phi) is 6.49. The molecule has 0 bridgehead atoms. The van der Waals surface area contributed by atoms with Crippen LogP contribution in [-0.4, -0.2) is 41.7 Å². The van der Waals surface area contributed by atoms with Gasteiger partial charge < -0.3 is 14.6 Å². The second-order valence-electron chi connectivity index (χ2n) is 7.91. The van der Waals surface area contributed by atoms with Gasteiger partial charge in [0.05, 0.1) is 24.5 Å². The van der Waals surface area contributed by atoms with Crippen LogP contribution in [0.25, 0.3) is 5.69 Å². The molecular formula is C25H28FN3O2. The summed E-state index contributed by atoms with van der Waals surface area (Å²) in [7, 11) is 0. The summed E-state index contributed by atoms with van der Waals surface area (Å²) >= 11 is 0. The molecule has 5 nitrogen and oxygen atoms in total. The van der Waals surface area contributed by atoms with E-state index in [-0.39, 0.29) is 11.7 Å². The van der Waals surface area contributed by atoms with Crippen LogP contribution < -0.4 is 5.32 Å². The molecule has 1 N–H and O–H groups in total. The molecule has 0 atom stereocenters. The average Bonchev–Trinajstić information content (AvgIpc) is 3.08. The molecule has 0 unspecified atom stereocenters. The van der Waals surface area contributed by atoms with Gasteiger partial charge in [-0.15, -0.1) is 0 Å². The number of halogens is 1. The first-order chi connectivity index (χ1) is 15.0. The molecule has 3 aromatic rings. The molecule has 1 aromatic heterocycles. The Hall–Kier alpha value is -2.96. The number of nitrogens with zero attached hydrogens (tertiary/aromatic N) is 2. The lowest BCUT2D eigenvalue weighted by molar-refractivity contribution is 0.0340. The van der Waals surface area contributed by atoms with Crippen LogP contribution in [0, 0.1) is 19.7 Å². The molecule has 6 heteroatoms. The van der Waals surface area contributed by atoms with Gasteiger partial charge in [0.1, 0.15) is 5.82 Å². The maximum absolute atomic E-state index is 14.3. The van der Waals surface area contributed by atoms with E-state index in [9.17, 15) is 9.18 Å². The number of ether oxygens (including phenoxy) is 1. The Morgan fingerprint density at radius 3 is 2.45 bits per heavy atom. The van der Waals surface area contributed by atoms with E-state index in [1.165, 1.54) is 11.6 Å². The molecular weight excluding hydrogens is 393 g/mol. The molecule has 4 rings (SSSR count). The highest BCUT2D eigenvalue weighted by Gasteiger charge is 2.19. The Bertz CT molecular complexity index is 1070. The van der Waals surface area contributed by atoms with E-state index in [2.05, 4.69) is 22.3 Å². The SMILES string of the molecule is Cc1cc(C(=O)NCc2ccccc2CN2CCOCC2)c(C)n1-c1ccccc1F. The molecule has 0 saturated carbocycles. The van der Waals surface area contributed by atoms with E-state index in [1.807, 2.05) is 32.0 Å². The minimum Gasteiger partial charge on any atom is -0.379 e. The molecule has 1 saturated heterocycles. The summed E-state index contributed by atoms with van der Waals surface area (Å²) in [5, 5.41) is 3.05. The van der Waals surface area contributed by atoms with Crippen molar-refractivity contribution in [1.82, 2.24) is 14.8 Å². The minimum absolute atomic E-state index is 0.156. The number of carbonyl (C=O) groups is 1. The standard InChI is InChI=1S/C25H28FN3O2/c1-18-15-22(19(2)29(18)24-10-6-5-9-23(24)26)25(30)27-16-20-7-3-4-8-21(20)17-28-11-13-31-14-12-28/h3-10,15H,11-14,16-17H2,1-2H3,(H,27,30). The quantitative estimate of drug-likeness (QED) is 0.655. The lowest BCUT2D eigenvalue weighted by Crippen LogP contribution is -2.36. The number of benzene rings is 2. The van der Waals surface area contributed by atoms with Crippen molar-refractivity contribution in [2.24, 2.45) is 0 Å². The van der Waals surface area contributed by atoms with E-state index in [1.54, 1.807) is 22.8 Å².